The highest BCUT2D eigenvalue weighted by molar-refractivity contribution is 7.98. The molecule has 37 heavy (non-hydrogen) atoms. The number of nitriles is 1. The molecule has 2 aromatic carbocycles. The third-order valence-corrected chi connectivity index (χ3v) is 7.08. The van der Waals surface area contributed by atoms with Crippen LogP contribution in [0.4, 0.5) is 29.1 Å². The second-order valence-corrected chi connectivity index (χ2v) is 9.38. The zero-order chi connectivity index (χ0) is 26.2. The van der Waals surface area contributed by atoms with E-state index in [0.717, 1.165) is 18.2 Å². The van der Waals surface area contributed by atoms with Gasteiger partial charge < -0.3 is 14.2 Å². The third kappa shape index (κ3) is 5.13. The van der Waals surface area contributed by atoms with Gasteiger partial charge in [-0.25, -0.2) is 8.70 Å². The number of rotatable bonds is 5. The van der Waals surface area contributed by atoms with Gasteiger partial charge in [-0.05, 0) is 36.2 Å². The number of hydrogen-bond acceptors (Lipinski definition) is 8. The van der Waals surface area contributed by atoms with E-state index >= 15 is 4.39 Å². The number of aromatic nitrogens is 1. The van der Waals surface area contributed by atoms with Crippen molar-refractivity contribution in [2.24, 2.45) is 0 Å². The second kappa shape index (κ2) is 10.0. The van der Waals surface area contributed by atoms with Crippen LogP contribution in [0, 0.1) is 17.1 Å². The number of fused-ring (bicyclic) bond motifs is 1. The van der Waals surface area contributed by atoms with E-state index in [9.17, 15) is 23.2 Å². The minimum absolute atomic E-state index is 0.0210. The molecule has 13 heteroatoms. The summed E-state index contributed by atoms with van der Waals surface area (Å²) in [6, 6.07) is 9.65. The van der Waals surface area contributed by atoms with Crippen molar-refractivity contribution >= 4 is 29.5 Å². The molecule has 0 aliphatic carbocycles. The summed E-state index contributed by atoms with van der Waals surface area (Å²) >= 11 is 1.31. The monoisotopic (exact) mass is 533 g/mol. The molecular formula is C24H19F4N5O3S. The van der Waals surface area contributed by atoms with E-state index in [-0.39, 0.29) is 29.0 Å². The zero-order valence-corrected chi connectivity index (χ0v) is 19.9. The molecule has 2 aliphatic heterocycles. The predicted octanol–water partition coefficient (Wildman–Crippen LogP) is 4.85. The average Bonchev–Trinajstić information content (AvgIpc) is 3.41. The normalized spacial score (nSPS) is 20.4. The number of anilines is 2. The molecule has 2 aliphatic rings. The van der Waals surface area contributed by atoms with Gasteiger partial charge in [-0.15, -0.1) is 0 Å². The van der Waals surface area contributed by atoms with Crippen LogP contribution in [0.2, 0.25) is 0 Å². The van der Waals surface area contributed by atoms with Crippen LogP contribution in [0.3, 0.4) is 0 Å². The maximum Gasteiger partial charge on any atom is 0.416 e. The first-order valence-corrected chi connectivity index (χ1v) is 11.9. The molecule has 2 unspecified atom stereocenters. The summed E-state index contributed by atoms with van der Waals surface area (Å²) in [5, 5.41) is 13.6. The quantitative estimate of drug-likeness (QED) is 0.368. The number of alkyl halides is 3. The van der Waals surface area contributed by atoms with E-state index in [2.05, 4.69) is 9.88 Å². The Hall–Kier alpha value is -3.60. The molecular weight excluding hydrogens is 514 g/mol. The topological polar surface area (TPSA) is 94.6 Å². The second-order valence-electron chi connectivity index (χ2n) is 8.47. The predicted molar refractivity (Wildman–Crippen MR) is 126 cm³/mol. The van der Waals surface area contributed by atoms with Gasteiger partial charge in [0, 0.05) is 36.9 Å². The SMILES string of the molecule is N#Cc1cc(-c2cccc(C(F)(F)F)c2)c(F)cc1N1C(=O)COC2CN(SNc3ccon3)CCC21. The van der Waals surface area contributed by atoms with Gasteiger partial charge in [-0.1, -0.05) is 17.3 Å². The highest BCUT2D eigenvalue weighted by atomic mass is 32.2. The van der Waals surface area contributed by atoms with Crippen LogP contribution in [0.15, 0.2) is 53.3 Å². The molecule has 0 spiro atoms. The zero-order valence-electron chi connectivity index (χ0n) is 19.0. The maximum atomic E-state index is 15.3. The van der Waals surface area contributed by atoms with Gasteiger partial charge in [0.2, 0.25) is 0 Å². The Balaban J connectivity index is 1.41. The van der Waals surface area contributed by atoms with E-state index in [0.29, 0.717) is 25.3 Å². The van der Waals surface area contributed by atoms with Gasteiger partial charge in [0.1, 0.15) is 24.8 Å². The first-order chi connectivity index (χ1) is 17.7. The lowest BCUT2D eigenvalue weighted by molar-refractivity contribution is -0.137. The minimum Gasteiger partial charge on any atom is -0.365 e. The first-order valence-electron chi connectivity index (χ1n) is 11.2. The van der Waals surface area contributed by atoms with Crippen molar-refractivity contribution in [1.82, 2.24) is 9.46 Å². The molecule has 0 bridgehead atoms. The van der Waals surface area contributed by atoms with Crippen molar-refractivity contribution in [2.45, 2.75) is 24.7 Å². The molecule has 5 rings (SSSR count). The molecule has 2 atom stereocenters. The van der Waals surface area contributed by atoms with Gasteiger partial charge in [0.05, 0.1) is 29.0 Å². The van der Waals surface area contributed by atoms with Crippen molar-refractivity contribution in [3.8, 4) is 17.2 Å². The number of carbonyl (C=O) groups is 1. The number of hydrogen-bond donors (Lipinski definition) is 1. The van der Waals surface area contributed by atoms with E-state index in [4.69, 9.17) is 9.26 Å². The Morgan fingerprint density at radius 3 is 2.78 bits per heavy atom. The molecule has 1 aromatic heterocycles. The van der Waals surface area contributed by atoms with Crippen LogP contribution in [0.25, 0.3) is 11.1 Å². The number of halogens is 4. The van der Waals surface area contributed by atoms with Gasteiger partial charge >= 0.3 is 6.18 Å². The average molecular weight is 534 g/mol. The van der Waals surface area contributed by atoms with E-state index in [1.807, 2.05) is 10.4 Å². The standard InChI is InChI=1S/C24H19F4N5O3S/c25-18-10-20(15(11-29)9-17(18)14-2-1-3-16(8-14)24(26,27)28)33-19-4-6-32(12-21(19)35-13-23(33)34)37-31-22-5-7-36-30-22/h1-3,5,7-10,19,21H,4,6,12-13H2,(H,30,31). The van der Waals surface area contributed by atoms with Crippen molar-refractivity contribution < 1.29 is 31.6 Å². The Morgan fingerprint density at radius 2 is 2.05 bits per heavy atom. The fraction of sp³-hybridized carbons (Fsp3) is 0.292. The summed E-state index contributed by atoms with van der Waals surface area (Å²) in [6.07, 6.45) is -3.09. The van der Waals surface area contributed by atoms with Gasteiger partial charge in [-0.3, -0.25) is 9.52 Å². The van der Waals surface area contributed by atoms with Crippen molar-refractivity contribution in [2.75, 3.05) is 29.3 Å². The lowest BCUT2D eigenvalue weighted by atomic mass is 9.95. The van der Waals surface area contributed by atoms with Crippen molar-refractivity contribution in [3.63, 3.8) is 0 Å². The van der Waals surface area contributed by atoms with Crippen LogP contribution in [-0.4, -0.2) is 47.2 Å². The largest absolute Gasteiger partial charge is 0.416 e. The van der Waals surface area contributed by atoms with Crippen LogP contribution in [-0.2, 0) is 15.7 Å². The fourth-order valence-corrected chi connectivity index (χ4v) is 5.22. The Morgan fingerprint density at radius 1 is 1.22 bits per heavy atom. The van der Waals surface area contributed by atoms with Gasteiger partial charge in [0.15, 0.2) is 5.82 Å². The molecule has 8 nitrogen and oxygen atoms in total. The summed E-state index contributed by atoms with van der Waals surface area (Å²) in [4.78, 5) is 14.3. The number of piperidine rings is 1. The minimum atomic E-state index is -4.60. The molecule has 0 saturated carbocycles. The molecule has 2 saturated heterocycles. The van der Waals surface area contributed by atoms with Crippen molar-refractivity contribution in [1.29, 1.82) is 5.26 Å². The molecule has 192 valence electrons. The Labute approximate surface area is 213 Å². The first kappa shape index (κ1) is 25.1. The van der Waals surface area contributed by atoms with E-state index in [1.165, 1.54) is 41.5 Å². The molecule has 1 N–H and O–H groups in total. The number of carbonyl (C=O) groups excluding carboxylic acids is 1. The van der Waals surface area contributed by atoms with E-state index < -0.39 is 35.6 Å². The highest BCUT2D eigenvalue weighted by Crippen LogP contribution is 2.38. The highest BCUT2D eigenvalue weighted by Gasteiger charge is 2.42. The summed E-state index contributed by atoms with van der Waals surface area (Å²) in [5.74, 6) is -0.719. The Kier molecular flexibility index (Phi) is 6.80. The number of nitrogens with zero attached hydrogens (tertiary/aromatic N) is 4. The van der Waals surface area contributed by atoms with Crippen LogP contribution in [0.1, 0.15) is 17.5 Å². The Bertz CT molecular complexity index is 1350. The van der Waals surface area contributed by atoms with Crippen LogP contribution in [0.5, 0.6) is 0 Å². The van der Waals surface area contributed by atoms with E-state index in [1.54, 1.807) is 6.07 Å². The summed E-state index contributed by atoms with van der Waals surface area (Å²) in [6.45, 7) is 0.741. The fourth-order valence-electron chi connectivity index (χ4n) is 4.48. The summed E-state index contributed by atoms with van der Waals surface area (Å²) in [5.41, 5.74) is -1.06. The molecule has 0 radical (unpaired) electrons. The molecule has 3 aromatic rings. The van der Waals surface area contributed by atoms with Crippen LogP contribution < -0.4 is 9.62 Å². The molecule has 1 amide bonds. The number of morpholine rings is 1. The number of ether oxygens (including phenoxy) is 1. The summed E-state index contributed by atoms with van der Waals surface area (Å²) < 4.78 is 70.4. The maximum absolute atomic E-state index is 15.3. The number of amides is 1. The summed E-state index contributed by atoms with van der Waals surface area (Å²) in [7, 11) is 0. The van der Waals surface area contributed by atoms with Crippen LogP contribution >= 0.6 is 12.1 Å². The lowest BCUT2D eigenvalue weighted by Gasteiger charge is -2.46. The number of benzene rings is 2. The van der Waals surface area contributed by atoms with Gasteiger partial charge in [0.25, 0.3) is 5.91 Å². The number of nitrogens with one attached hydrogen (secondary N) is 1. The lowest BCUT2D eigenvalue weighted by Crippen LogP contribution is -2.61. The third-order valence-electron chi connectivity index (χ3n) is 6.19. The van der Waals surface area contributed by atoms with Crippen molar-refractivity contribution in [3.05, 3.63) is 65.7 Å². The molecule has 2 fully saturated rings. The van der Waals surface area contributed by atoms with Gasteiger partial charge in [-0.2, -0.15) is 18.4 Å². The smallest absolute Gasteiger partial charge is 0.365 e. The molecule has 3 heterocycles.